The number of fused-ring (bicyclic) bond motifs is 1. The van der Waals surface area contributed by atoms with Crippen LogP contribution in [0.15, 0.2) is 66.7 Å². The monoisotopic (exact) mass is 381 g/mol. The molecule has 0 spiro atoms. The highest BCUT2D eigenvalue weighted by Gasteiger charge is 2.48. The summed E-state index contributed by atoms with van der Waals surface area (Å²) in [4.78, 5) is 1.45. The standard InChI is InChI=1S/C23H27NS2/c24-15-16-25-23-14-8-7-13-21(23)20(18-9-3-1-4-10-18)17-22(26-23)19-11-5-2-6-12-19/h1-6,9-12,17,20-21H,7-8,13-16,24H2/t20-,21+,23-/m0/s1. The van der Waals surface area contributed by atoms with Gasteiger partial charge in [0.25, 0.3) is 0 Å². The van der Waals surface area contributed by atoms with Gasteiger partial charge < -0.3 is 5.73 Å². The molecule has 0 unspecified atom stereocenters. The molecule has 1 aliphatic carbocycles. The summed E-state index contributed by atoms with van der Waals surface area (Å²) in [5, 5.41) is 0. The van der Waals surface area contributed by atoms with Gasteiger partial charge in [0.15, 0.2) is 0 Å². The van der Waals surface area contributed by atoms with Crippen molar-refractivity contribution in [3.63, 3.8) is 0 Å². The van der Waals surface area contributed by atoms with E-state index in [0.717, 1.165) is 12.3 Å². The zero-order valence-corrected chi connectivity index (χ0v) is 16.8. The zero-order chi connectivity index (χ0) is 17.8. The summed E-state index contributed by atoms with van der Waals surface area (Å²) in [6.07, 6.45) is 7.86. The van der Waals surface area contributed by atoms with E-state index >= 15 is 0 Å². The molecule has 2 N–H and O–H groups in total. The van der Waals surface area contributed by atoms with Crippen molar-refractivity contribution in [2.45, 2.75) is 35.7 Å². The minimum Gasteiger partial charge on any atom is -0.330 e. The van der Waals surface area contributed by atoms with Crippen molar-refractivity contribution >= 4 is 28.4 Å². The quantitative estimate of drug-likeness (QED) is 0.674. The van der Waals surface area contributed by atoms with Crippen LogP contribution in [0.1, 0.15) is 42.7 Å². The molecule has 0 aromatic heterocycles. The molecule has 2 aromatic carbocycles. The number of nitrogens with two attached hydrogens (primary N) is 1. The first-order valence-electron chi connectivity index (χ1n) is 9.68. The van der Waals surface area contributed by atoms with Gasteiger partial charge in [0, 0.05) is 23.1 Å². The first-order chi connectivity index (χ1) is 12.8. The fourth-order valence-electron chi connectivity index (χ4n) is 4.42. The lowest BCUT2D eigenvalue weighted by atomic mass is 9.75. The van der Waals surface area contributed by atoms with E-state index in [-0.39, 0.29) is 4.08 Å². The second kappa shape index (κ2) is 8.24. The Morgan fingerprint density at radius 2 is 1.73 bits per heavy atom. The average Bonchev–Trinajstić information content (AvgIpc) is 2.72. The third-order valence-corrected chi connectivity index (χ3v) is 9.09. The van der Waals surface area contributed by atoms with Gasteiger partial charge in [-0.15, -0.1) is 23.5 Å². The van der Waals surface area contributed by atoms with Gasteiger partial charge in [0.1, 0.15) is 0 Å². The first kappa shape index (κ1) is 18.2. The molecule has 0 radical (unpaired) electrons. The van der Waals surface area contributed by atoms with Gasteiger partial charge >= 0.3 is 0 Å². The summed E-state index contributed by atoms with van der Waals surface area (Å²) in [6, 6.07) is 22.0. The van der Waals surface area contributed by atoms with Crippen molar-refractivity contribution in [1.82, 2.24) is 0 Å². The van der Waals surface area contributed by atoms with E-state index in [9.17, 15) is 0 Å². The number of allylic oxidation sites excluding steroid dienone is 1. The maximum absolute atomic E-state index is 5.91. The molecular weight excluding hydrogens is 354 g/mol. The van der Waals surface area contributed by atoms with E-state index in [0.29, 0.717) is 11.8 Å². The minimum atomic E-state index is 0.262. The second-order valence-electron chi connectivity index (χ2n) is 7.24. The van der Waals surface area contributed by atoms with Crippen LogP contribution in [0, 0.1) is 5.92 Å². The number of hydrogen-bond acceptors (Lipinski definition) is 3. The van der Waals surface area contributed by atoms with Crippen LogP contribution in [-0.2, 0) is 0 Å². The predicted octanol–water partition coefficient (Wildman–Crippen LogP) is 6.14. The molecule has 2 aromatic rings. The molecule has 0 amide bonds. The normalized spacial score (nSPS) is 28.3. The fraction of sp³-hybridized carbons (Fsp3) is 0.391. The molecular formula is C23H27NS2. The lowest BCUT2D eigenvalue weighted by Gasteiger charge is -2.49. The molecule has 0 bridgehead atoms. The summed E-state index contributed by atoms with van der Waals surface area (Å²) in [7, 11) is 0. The average molecular weight is 382 g/mol. The van der Waals surface area contributed by atoms with Crippen LogP contribution in [-0.4, -0.2) is 16.4 Å². The van der Waals surface area contributed by atoms with E-state index in [1.165, 1.54) is 41.7 Å². The molecule has 1 nitrogen and oxygen atoms in total. The Morgan fingerprint density at radius 1 is 1.00 bits per heavy atom. The molecule has 4 rings (SSSR count). The van der Waals surface area contributed by atoms with Crippen molar-refractivity contribution in [2.75, 3.05) is 12.3 Å². The van der Waals surface area contributed by atoms with Gasteiger partial charge in [0.05, 0.1) is 4.08 Å². The highest BCUT2D eigenvalue weighted by molar-refractivity contribution is 8.22. The van der Waals surface area contributed by atoms with Crippen LogP contribution >= 0.6 is 23.5 Å². The fourth-order valence-corrected chi connectivity index (χ4v) is 7.91. The van der Waals surface area contributed by atoms with Crippen LogP contribution in [0.2, 0.25) is 0 Å². The van der Waals surface area contributed by atoms with Crippen molar-refractivity contribution in [3.8, 4) is 0 Å². The molecule has 3 atom stereocenters. The number of hydrogen-bond donors (Lipinski definition) is 1. The summed E-state index contributed by atoms with van der Waals surface area (Å²) in [5.41, 5.74) is 8.73. The summed E-state index contributed by atoms with van der Waals surface area (Å²) in [6.45, 7) is 0.764. The zero-order valence-electron chi connectivity index (χ0n) is 15.1. The highest BCUT2D eigenvalue weighted by atomic mass is 32.2. The Hall–Kier alpha value is -1.16. The van der Waals surface area contributed by atoms with Crippen LogP contribution in [0.25, 0.3) is 4.91 Å². The van der Waals surface area contributed by atoms with Gasteiger partial charge in [-0.1, -0.05) is 79.6 Å². The Kier molecular flexibility index (Phi) is 5.78. The van der Waals surface area contributed by atoms with E-state index in [4.69, 9.17) is 5.73 Å². The van der Waals surface area contributed by atoms with Crippen molar-refractivity contribution < 1.29 is 0 Å². The summed E-state index contributed by atoms with van der Waals surface area (Å²) in [5.74, 6) is 2.23. The molecule has 26 heavy (non-hydrogen) atoms. The Labute approximate surface area is 165 Å². The third-order valence-electron chi connectivity index (χ3n) is 5.61. The third kappa shape index (κ3) is 3.62. The Balaban J connectivity index is 1.79. The number of benzene rings is 2. The van der Waals surface area contributed by atoms with Gasteiger partial charge in [-0.3, -0.25) is 0 Å². The van der Waals surface area contributed by atoms with Crippen molar-refractivity contribution in [2.24, 2.45) is 11.7 Å². The van der Waals surface area contributed by atoms with Crippen LogP contribution in [0.3, 0.4) is 0 Å². The highest BCUT2D eigenvalue weighted by Crippen LogP contribution is 2.63. The molecule has 3 heteroatoms. The molecule has 0 saturated heterocycles. The molecule has 136 valence electrons. The van der Waals surface area contributed by atoms with Crippen molar-refractivity contribution in [3.05, 3.63) is 77.9 Å². The molecule has 1 saturated carbocycles. The Morgan fingerprint density at radius 3 is 2.46 bits per heavy atom. The van der Waals surface area contributed by atoms with Gasteiger partial charge in [-0.05, 0) is 29.9 Å². The predicted molar refractivity (Wildman–Crippen MR) is 117 cm³/mol. The maximum Gasteiger partial charge on any atom is 0.0695 e. The van der Waals surface area contributed by atoms with Crippen LogP contribution in [0.4, 0.5) is 0 Å². The van der Waals surface area contributed by atoms with E-state index in [1.54, 1.807) is 0 Å². The number of thioether (sulfide) groups is 2. The lowest BCUT2D eigenvalue weighted by molar-refractivity contribution is 0.320. The van der Waals surface area contributed by atoms with Crippen molar-refractivity contribution in [1.29, 1.82) is 0 Å². The molecule has 1 heterocycles. The summed E-state index contributed by atoms with van der Waals surface area (Å²) >= 11 is 4.25. The molecule has 1 fully saturated rings. The van der Waals surface area contributed by atoms with Crippen LogP contribution in [0.5, 0.6) is 0 Å². The molecule has 2 aliphatic rings. The van der Waals surface area contributed by atoms with E-state index in [2.05, 4.69) is 90.3 Å². The topological polar surface area (TPSA) is 26.0 Å². The Bertz CT molecular complexity index is 743. The lowest BCUT2D eigenvalue weighted by Crippen LogP contribution is -2.40. The van der Waals surface area contributed by atoms with E-state index < -0.39 is 0 Å². The van der Waals surface area contributed by atoms with E-state index in [1.807, 2.05) is 0 Å². The first-order valence-corrected chi connectivity index (χ1v) is 11.5. The number of rotatable bonds is 5. The van der Waals surface area contributed by atoms with Gasteiger partial charge in [-0.2, -0.15) is 0 Å². The largest absolute Gasteiger partial charge is 0.330 e. The minimum absolute atomic E-state index is 0.262. The van der Waals surface area contributed by atoms with Crippen LogP contribution < -0.4 is 5.73 Å². The van der Waals surface area contributed by atoms with Gasteiger partial charge in [0.2, 0.25) is 0 Å². The second-order valence-corrected chi connectivity index (χ2v) is 10.3. The summed E-state index contributed by atoms with van der Waals surface area (Å²) < 4.78 is 0.262. The van der Waals surface area contributed by atoms with Gasteiger partial charge in [-0.25, -0.2) is 0 Å². The SMILES string of the molecule is NCCS[C@]12CCCC[C@@H]1[C@H](c1ccccc1)C=C(c1ccccc1)S2. The molecule has 1 aliphatic heterocycles. The maximum atomic E-state index is 5.91. The smallest absolute Gasteiger partial charge is 0.0695 e.